The zero-order valence-corrected chi connectivity index (χ0v) is 12.6. The van der Waals surface area contributed by atoms with E-state index in [4.69, 9.17) is 11.6 Å². The highest BCUT2D eigenvalue weighted by molar-refractivity contribution is 7.10. The molecular weight excluding hydrogens is 274 g/mol. The summed E-state index contributed by atoms with van der Waals surface area (Å²) in [6, 6.07) is 11.1. The van der Waals surface area contributed by atoms with Gasteiger partial charge in [-0.2, -0.15) is 0 Å². The largest absolute Gasteiger partial charge is 0.309 e. The van der Waals surface area contributed by atoms with Gasteiger partial charge in [-0.05, 0) is 54.3 Å². The van der Waals surface area contributed by atoms with Gasteiger partial charge < -0.3 is 5.32 Å². The fraction of sp³-hybridized carbons (Fsp3) is 0.375. The van der Waals surface area contributed by atoms with Gasteiger partial charge in [-0.1, -0.05) is 29.8 Å². The Bertz CT molecular complexity index is 557. The van der Waals surface area contributed by atoms with Gasteiger partial charge in [0.05, 0.1) is 0 Å². The lowest BCUT2D eigenvalue weighted by Gasteiger charge is -2.36. The normalized spacial score (nSPS) is 22.2. The fourth-order valence-corrected chi connectivity index (χ4v) is 3.81. The lowest BCUT2D eigenvalue weighted by atomic mass is 9.76. The number of thiophene rings is 1. The van der Waals surface area contributed by atoms with Crippen LogP contribution < -0.4 is 5.32 Å². The van der Waals surface area contributed by atoms with E-state index >= 15 is 0 Å². The van der Waals surface area contributed by atoms with Crippen LogP contribution in [0.1, 0.15) is 34.8 Å². The van der Waals surface area contributed by atoms with Crippen molar-refractivity contribution in [2.24, 2.45) is 0 Å². The molecule has 0 radical (unpaired) electrons. The Morgan fingerprint density at radius 2 is 2.05 bits per heavy atom. The van der Waals surface area contributed by atoms with Crippen LogP contribution in [0.2, 0.25) is 5.02 Å². The summed E-state index contributed by atoms with van der Waals surface area (Å²) in [6.45, 7) is 3.18. The third-order valence-corrected chi connectivity index (χ3v) is 5.37. The van der Waals surface area contributed by atoms with Crippen LogP contribution in [0.4, 0.5) is 0 Å². The van der Waals surface area contributed by atoms with Gasteiger partial charge in [0.1, 0.15) is 0 Å². The zero-order valence-electron chi connectivity index (χ0n) is 11.0. The lowest BCUT2D eigenvalue weighted by Crippen LogP contribution is -2.39. The summed E-state index contributed by atoms with van der Waals surface area (Å²) in [5.41, 5.74) is 2.72. The van der Waals surface area contributed by atoms with E-state index in [1.807, 2.05) is 23.5 Å². The van der Waals surface area contributed by atoms with Crippen LogP contribution in [-0.4, -0.2) is 6.04 Å². The first-order valence-corrected chi connectivity index (χ1v) is 8.00. The predicted molar refractivity (Wildman–Crippen MR) is 83.1 cm³/mol. The average Bonchev–Trinajstić information content (AvgIpc) is 2.75. The van der Waals surface area contributed by atoms with Crippen LogP contribution in [0.15, 0.2) is 35.7 Å². The first-order valence-electron chi connectivity index (χ1n) is 6.75. The maximum atomic E-state index is 6.24. The molecule has 1 N–H and O–H groups in total. The van der Waals surface area contributed by atoms with E-state index < -0.39 is 0 Å². The Morgan fingerprint density at radius 1 is 1.26 bits per heavy atom. The lowest BCUT2D eigenvalue weighted by molar-refractivity contribution is 0.290. The number of rotatable bonds is 4. The molecule has 0 aliphatic heterocycles. The van der Waals surface area contributed by atoms with Gasteiger partial charge in [-0.15, -0.1) is 11.3 Å². The van der Waals surface area contributed by atoms with Crippen molar-refractivity contribution >= 4 is 22.9 Å². The molecule has 3 rings (SSSR count). The molecule has 0 unspecified atom stereocenters. The Hall–Kier alpha value is -0.830. The molecule has 100 valence electrons. The second-order valence-electron chi connectivity index (χ2n) is 5.29. The third-order valence-electron chi connectivity index (χ3n) is 4.00. The van der Waals surface area contributed by atoms with Crippen LogP contribution >= 0.6 is 22.9 Å². The van der Waals surface area contributed by atoms with Crippen LogP contribution in [0, 0.1) is 6.92 Å². The number of aryl methyl sites for hydroxylation is 1. The minimum atomic E-state index is 0.635. The highest BCUT2D eigenvalue weighted by atomic mass is 35.5. The highest BCUT2D eigenvalue weighted by Gasteiger charge is 2.30. The van der Waals surface area contributed by atoms with E-state index in [0.717, 1.165) is 11.6 Å². The minimum Gasteiger partial charge on any atom is -0.309 e. The molecule has 1 aromatic heterocycles. The van der Waals surface area contributed by atoms with Crippen molar-refractivity contribution in [1.82, 2.24) is 5.32 Å². The Morgan fingerprint density at radius 3 is 2.74 bits per heavy atom. The molecule has 0 amide bonds. The number of nitrogens with one attached hydrogen (secondary N) is 1. The minimum absolute atomic E-state index is 0.635. The van der Waals surface area contributed by atoms with Gasteiger partial charge >= 0.3 is 0 Å². The van der Waals surface area contributed by atoms with Gasteiger partial charge in [0, 0.05) is 22.5 Å². The van der Waals surface area contributed by atoms with Crippen molar-refractivity contribution in [2.75, 3.05) is 0 Å². The summed E-state index contributed by atoms with van der Waals surface area (Å²) in [5.74, 6) is 0.635. The summed E-state index contributed by atoms with van der Waals surface area (Å²) in [6.07, 6.45) is 2.41. The molecule has 1 fully saturated rings. The predicted octanol–water partition coefficient (Wildman–Crippen LogP) is 4.75. The van der Waals surface area contributed by atoms with E-state index in [9.17, 15) is 0 Å². The summed E-state index contributed by atoms with van der Waals surface area (Å²) >= 11 is 8.08. The molecule has 1 aliphatic carbocycles. The smallest absolute Gasteiger partial charge is 0.0440 e. The maximum absolute atomic E-state index is 6.24. The van der Waals surface area contributed by atoms with Gasteiger partial charge in [0.15, 0.2) is 0 Å². The van der Waals surface area contributed by atoms with Gasteiger partial charge in [0.2, 0.25) is 0 Å². The van der Waals surface area contributed by atoms with E-state index in [0.29, 0.717) is 12.0 Å². The topological polar surface area (TPSA) is 12.0 Å². The highest BCUT2D eigenvalue weighted by Crippen LogP contribution is 2.40. The van der Waals surface area contributed by atoms with E-state index in [-0.39, 0.29) is 0 Å². The number of hydrogen-bond acceptors (Lipinski definition) is 2. The zero-order chi connectivity index (χ0) is 13.2. The van der Waals surface area contributed by atoms with Crippen LogP contribution in [-0.2, 0) is 6.54 Å². The summed E-state index contributed by atoms with van der Waals surface area (Å²) < 4.78 is 0. The molecule has 0 bridgehead atoms. The van der Waals surface area contributed by atoms with Gasteiger partial charge in [-0.25, -0.2) is 0 Å². The summed E-state index contributed by atoms with van der Waals surface area (Å²) in [5, 5.41) is 6.73. The number of halogens is 1. The number of hydrogen-bond donors (Lipinski definition) is 1. The SMILES string of the molecule is Cc1ccsc1CNC1CC(c2ccccc2Cl)C1. The average molecular weight is 292 g/mol. The van der Waals surface area contributed by atoms with Crippen LogP contribution in [0.3, 0.4) is 0 Å². The molecule has 1 saturated carbocycles. The van der Waals surface area contributed by atoms with Crippen molar-refractivity contribution in [3.8, 4) is 0 Å². The second-order valence-corrected chi connectivity index (χ2v) is 6.70. The molecule has 19 heavy (non-hydrogen) atoms. The van der Waals surface area contributed by atoms with E-state index in [2.05, 4.69) is 35.8 Å². The van der Waals surface area contributed by atoms with Crippen LogP contribution in [0.5, 0.6) is 0 Å². The van der Waals surface area contributed by atoms with E-state index in [1.165, 1.54) is 28.8 Å². The Kier molecular flexibility index (Phi) is 3.92. The van der Waals surface area contributed by atoms with Crippen molar-refractivity contribution in [2.45, 2.75) is 38.3 Å². The van der Waals surface area contributed by atoms with Gasteiger partial charge in [0.25, 0.3) is 0 Å². The van der Waals surface area contributed by atoms with Gasteiger partial charge in [-0.3, -0.25) is 0 Å². The fourth-order valence-electron chi connectivity index (χ4n) is 2.67. The molecule has 1 nitrogen and oxygen atoms in total. The first kappa shape index (κ1) is 13.2. The molecule has 1 aliphatic rings. The van der Waals surface area contributed by atoms with Crippen molar-refractivity contribution in [3.63, 3.8) is 0 Å². The maximum Gasteiger partial charge on any atom is 0.0440 e. The standard InChI is InChI=1S/C16H18ClNS/c1-11-6-7-19-16(11)10-18-13-8-12(9-13)14-4-2-3-5-15(14)17/h2-7,12-13,18H,8-10H2,1H3. The first-order chi connectivity index (χ1) is 9.24. The molecule has 0 saturated heterocycles. The summed E-state index contributed by atoms with van der Waals surface area (Å²) in [4.78, 5) is 1.46. The molecule has 1 heterocycles. The van der Waals surface area contributed by atoms with Crippen molar-refractivity contribution in [1.29, 1.82) is 0 Å². The molecule has 3 heteroatoms. The molecule has 0 spiro atoms. The summed E-state index contributed by atoms with van der Waals surface area (Å²) in [7, 11) is 0. The van der Waals surface area contributed by atoms with Crippen molar-refractivity contribution in [3.05, 3.63) is 56.7 Å². The Balaban J connectivity index is 1.51. The van der Waals surface area contributed by atoms with Crippen LogP contribution in [0.25, 0.3) is 0 Å². The molecular formula is C16H18ClNS. The second kappa shape index (κ2) is 5.66. The Labute approximate surface area is 123 Å². The third kappa shape index (κ3) is 2.86. The molecule has 2 aromatic rings. The van der Waals surface area contributed by atoms with E-state index in [1.54, 1.807) is 0 Å². The van der Waals surface area contributed by atoms with Crippen molar-refractivity contribution < 1.29 is 0 Å². The molecule has 1 aromatic carbocycles. The molecule has 0 atom stereocenters. The quantitative estimate of drug-likeness (QED) is 0.857. The number of benzene rings is 1. The monoisotopic (exact) mass is 291 g/mol.